The standard InChI is InChI=1S/C13H17N.C2H6/c1-5-11-8-7-9-14-13(11)12(6-2)10(3)4;1-2/h5-10H,1H2,2-4H3;1-2H3/b12-6-;. The lowest BCUT2D eigenvalue weighted by Gasteiger charge is -2.12. The van der Waals surface area contributed by atoms with E-state index in [1.54, 1.807) is 0 Å². The van der Waals surface area contributed by atoms with E-state index < -0.39 is 0 Å². The lowest BCUT2D eigenvalue weighted by Crippen LogP contribution is -1.98. The first-order valence-corrected chi connectivity index (χ1v) is 5.94. The zero-order chi connectivity index (χ0) is 12.6. The molecule has 0 unspecified atom stereocenters. The van der Waals surface area contributed by atoms with Gasteiger partial charge in [-0.05, 0) is 30.0 Å². The molecule has 0 N–H and O–H groups in total. The number of allylic oxidation sites excluding steroid dienone is 2. The molecule has 0 bridgehead atoms. The van der Waals surface area contributed by atoms with E-state index in [4.69, 9.17) is 0 Å². The van der Waals surface area contributed by atoms with E-state index in [0.29, 0.717) is 5.92 Å². The van der Waals surface area contributed by atoms with Crippen molar-refractivity contribution in [3.05, 3.63) is 42.2 Å². The highest BCUT2D eigenvalue weighted by Gasteiger charge is 2.09. The summed E-state index contributed by atoms with van der Waals surface area (Å²) in [4.78, 5) is 4.40. The highest BCUT2D eigenvalue weighted by molar-refractivity contribution is 5.71. The second kappa shape index (κ2) is 7.86. The van der Waals surface area contributed by atoms with Crippen molar-refractivity contribution in [1.29, 1.82) is 0 Å². The molecule has 0 aromatic carbocycles. The fourth-order valence-corrected chi connectivity index (χ4v) is 1.57. The number of rotatable bonds is 3. The van der Waals surface area contributed by atoms with Gasteiger partial charge in [-0.2, -0.15) is 0 Å². The molecule has 0 saturated heterocycles. The Morgan fingerprint density at radius 2 is 2.00 bits per heavy atom. The Morgan fingerprint density at radius 3 is 2.44 bits per heavy atom. The number of hydrogen-bond donors (Lipinski definition) is 0. The average molecular weight is 217 g/mol. The van der Waals surface area contributed by atoms with Crippen molar-refractivity contribution in [2.75, 3.05) is 0 Å². The molecule has 0 spiro atoms. The predicted octanol–water partition coefficient (Wildman–Crippen LogP) is 4.81. The van der Waals surface area contributed by atoms with Crippen LogP contribution in [0.4, 0.5) is 0 Å². The van der Waals surface area contributed by atoms with Crippen LogP contribution in [-0.2, 0) is 0 Å². The Labute approximate surface area is 99.9 Å². The Balaban J connectivity index is 0.00000106. The van der Waals surface area contributed by atoms with Crippen molar-refractivity contribution in [1.82, 2.24) is 4.98 Å². The summed E-state index contributed by atoms with van der Waals surface area (Å²) in [5.74, 6) is 0.494. The fraction of sp³-hybridized carbons (Fsp3) is 0.400. The zero-order valence-corrected chi connectivity index (χ0v) is 11.1. The van der Waals surface area contributed by atoms with Gasteiger partial charge in [-0.15, -0.1) is 0 Å². The van der Waals surface area contributed by atoms with Crippen LogP contribution in [0.5, 0.6) is 0 Å². The van der Waals surface area contributed by atoms with Crippen LogP contribution >= 0.6 is 0 Å². The second-order valence-corrected chi connectivity index (χ2v) is 3.54. The van der Waals surface area contributed by atoms with Crippen LogP contribution < -0.4 is 0 Å². The molecule has 1 aromatic rings. The summed E-state index contributed by atoms with van der Waals surface area (Å²) < 4.78 is 0. The van der Waals surface area contributed by atoms with Crippen molar-refractivity contribution in [3.63, 3.8) is 0 Å². The van der Waals surface area contributed by atoms with E-state index in [9.17, 15) is 0 Å². The Hall–Kier alpha value is -1.37. The Morgan fingerprint density at radius 1 is 1.38 bits per heavy atom. The SMILES string of the molecule is C=Cc1cccnc1/C(=C\C)C(C)C.CC. The maximum Gasteiger partial charge on any atom is 0.0732 e. The van der Waals surface area contributed by atoms with Gasteiger partial charge in [0.15, 0.2) is 0 Å². The maximum atomic E-state index is 4.40. The summed E-state index contributed by atoms with van der Waals surface area (Å²) in [5, 5.41) is 0. The molecule has 0 amide bonds. The van der Waals surface area contributed by atoms with E-state index in [0.717, 1.165) is 11.3 Å². The van der Waals surface area contributed by atoms with Gasteiger partial charge < -0.3 is 0 Å². The monoisotopic (exact) mass is 217 g/mol. The minimum Gasteiger partial charge on any atom is -0.256 e. The van der Waals surface area contributed by atoms with Gasteiger partial charge in [0.25, 0.3) is 0 Å². The molecular formula is C15H23N. The van der Waals surface area contributed by atoms with Crippen molar-refractivity contribution in [2.45, 2.75) is 34.6 Å². The van der Waals surface area contributed by atoms with Gasteiger partial charge in [0, 0.05) is 6.20 Å². The molecule has 0 aliphatic heterocycles. The van der Waals surface area contributed by atoms with Gasteiger partial charge in [-0.25, -0.2) is 0 Å². The number of nitrogens with zero attached hydrogens (tertiary/aromatic N) is 1. The summed E-state index contributed by atoms with van der Waals surface area (Å²) in [7, 11) is 0. The van der Waals surface area contributed by atoms with Crippen LogP contribution in [0.2, 0.25) is 0 Å². The summed E-state index contributed by atoms with van der Waals surface area (Å²) in [5.41, 5.74) is 3.44. The normalized spacial score (nSPS) is 10.8. The Kier molecular flexibility index (Phi) is 7.19. The van der Waals surface area contributed by atoms with Gasteiger partial charge in [-0.3, -0.25) is 4.98 Å². The van der Waals surface area contributed by atoms with Gasteiger partial charge in [-0.1, -0.05) is 52.5 Å². The van der Waals surface area contributed by atoms with E-state index >= 15 is 0 Å². The van der Waals surface area contributed by atoms with Crippen molar-refractivity contribution in [2.24, 2.45) is 5.92 Å². The average Bonchev–Trinajstić information content (AvgIpc) is 2.33. The topological polar surface area (TPSA) is 12.9 Å². The lowest BCUT2D eigenvalue weighted by atomic mass is 9.96. The van der Waals surface area contributed by atoms with Gasteiger partial charge >= 0.3 is 0 Å². The van der Waals surface area contributed by atoms with E-state index in [-0.39, 0.29) is 0 Å². The first-order valence-electron chi connectivity index (χ1n) is 5.94. The zero-order valence-electron chi connectivity index (χ0n) is 11.1. The van der Waals surface area contributed by atoms with E-state index in [1.807, 2.05) is 38.3 Å². The minimum atomic E-state index is 0.494. The van der Waals surface area contributed by atoms with Crippen LogP contribution in [0, 0.1) is 5.92 Å². The van der Waals surface area contributed by atoms with Crippen LogP contribution in [0.3, 0.4) is 0 Å². The molecular weight excluding hydrogens is 194 g/mol. The van der Waals surface area contributed by atoms with Gasteiger partial charge in [0.05, 0.1) is 5.69 Å². The van der Waals surface area contributed by atoms with Crippen molar-refractivity contribution >= 4 is 11.6 Å². The molecule has 0 saturated carbocycles. The minimum absolute atomic E-state index is 0.494. The highest BCUT2D eigenvalue weighted by Crippen LogP contribution is 2.24. The third-order valence-corrected chi connectivity index (χ3v) is 2.27. The van der Waals surface area contributed by atoms with Crippen molar-refractivity contribution in [3.8, 4) is 0 Å². The molecule has 0 atom stereocenters. The molecule has 16 heavy (non-hydrogen) atoms. The molecule has 1 heterocycles. The third-order valence-electron chi connectivity index (χ3n) is 2.27. The molecule has 88 valence electrons. The largest absolute Gasteiger partial charge is 0.256 e. The molecule has 1 aromatic heterocycles. The molecule has 0 fully saturated rings. The van der Waals surface area contributed by atoms with Crippen LogP contribution in [-0.4, -0.2) is 4.98 Å². The summed E-state index contributed by atoms with van der Waals surface area (Å²) in [6, 6.07) is 3.98. The number of pyridine rings is 1. The first-order chi connectivity index (χ1) is 7.70. The van der Waals surface area contributed by atoms with Crippen molar-refractivity contribution < 1.29 is 0 Å². The first kappa shape index (κ1) is 14.6. The lowest BCUT2D eigenvalue weighted by molar-refractivity contribution is 0.846. The summed E-state index contributed by atoms with van der Waals surface area (Å²) in [6.07, 6.45) is 5.81. The Bertz CT molecular complexity index is 348. The molecule has 1 heteroatoms. The van der Waals surface area contributed by atoms with Gasteiger partial charge in [0.2, 0.25) is 0 Å². The molecule has 0 radical (unpaired) electrons. The molecule has 0 aliphatic carbocycles. The van der Waals surface area contributed by atoms with Gasteiger partial charge in [0.1, 0.15) is 0 Å². The molecule has 1 rings (SSSR count). The fourth-order valence-electron chi connectivity index (χ4n) is 1.57. The predicted molar refractivity (Wildman–Crippen MR) is 74.2 cm³/mol. The quantitative estimate of drug-likeness (QED) is 0.708. The maximum absolute atomic E-state index is 4.40. The molecule has 1 nitrogen and oxygen atoms in total. The number of aromatic nitrogens is 1. The van der Waals surface area contributed by atoms with E-state index in [2.05, 4.69) is 38.4 Å². The van der Waals surface area contributed by atoms with Crippen LogP contribution in [0.25, 0.3) is 11.6 Å². The van der Waals surface area contributed by atoms with Crippen LogP contribution in [0.15, 0.2) is 31.0 Å². The summed E-state index contributed by atoms with van der Waals surface area (Å²) in [6.45, 7) is 14.2. The van der Waals surface area contributed by atoms with E-state index in [1.165, 1.54) is 5.57 Å². The number of hydrogen-bond acceptors (Lipinski definition) is 1. The van der Waals surface area contributed by atoms with Crippen LogP contribution in [0.1, 0.15) is 45.9 Å². The molecule has 0 aliphatic rings. The summed E-state index contributed by atoms with van der Waals surface area (Å²) >= 11 is 0. The second-order valence-electron chi connectivity index (χ2n) is 3.54. The smallest absolute Gasteiger partial charge is 0.0732 e. The highest BCUT2D eigenvalue weighted by atomic mass is 14.7. The third kappa shape index (κ3) is 3.65.